The van der Waals surface area contributed by atoms with Gasteiger partial charge < -0.3 is 10.2 Å². The molecule has 0 aliphatic heterocycles. The Morgan fingerprint density at radius 1 is 0.441 bits per heavy atom. The van der Waals surface area contributed by atoms with Gasteiger partial charge in [0.25, 0.3) is 0 Å². The van der Waals surface area contributed by atoms with Crippen molar-refractivity contribution >= 4 is 41.4 Å². The number of halogens is 12. The molecule has 0 aromatic heterocycles. The van der Waals surface area contributed by atoms with E-state index in [0.29, 0.717) is 33.4 Å². The number of aromatic hydroxyl groups is 2. The summed E-state index contributed by atoms with van der Waals surface area (Å²) >= 11 is -0.556. The van der Waals surface area contributed by atoms with Crippen molar-refractivity contribution in [1.82, 2.24) is 0 Å². The third kappa shape index (κ3) is 10.4. The van der Waals surface area contributed by atoms with Gasteiger partial charge in [0.05, 0.1) is 11.4 Å². The molecule has 0 spiro atoms. The van der Waals surface area contributed by atoms with Crippen molar-refractivity contribution < 1.29 is 71.1 Å². The number of phenols is 2. The fraction of sp³-hybridized carbons (Fsp3) is 0.0952. The van der Waals surface area contributed by atoms with Crippen molar-refractivity contribution in [3.8, 4) is 11.5 Å². The van der Waals surface area contributed by atoms with Crippen LogP contribution in [0.3, 0.4) is 0 Å². The van der Waals surface area contributed by atoms with Gasteiger partial charge in [-0.3, -0.25) is 0 Å². The van der Waals surface area contributed by atoms with Gasteiger partial charge in [-0.05, 0) is 62.1 Å². The molecule has 0 unspecified atom stereocenters. The first kappa shape index (κ1) is 46.5. The Hall–Kier alpha value is -5.15. The van der Waals surface area contributed by atoms with Crippen molar-refractivity contribution in [3.05, 3.63) is 188 Å². The van der Waals surface area contributed by atoms with Gasteiger partial charge in [0, 0.05) is 22.3 Å². The Labute approximate surface area is 347 Å². The van der Waals surface area contributed by atoms with Crippen LogP contribution >= 0.6 is 18.6 Å². The summed E-state index contributed by atoms with van der Waals surface area (Å²) in [5.41, 5.74) is 0.312. The molecule has 0 saturated heterocycles. The number of rotatable bonds is 6. The zero-order chi connectivity index (χ0) is 43.9. The molecule has 0 fully saturated rings. The summed E-state index contributed by atoms with van der Waals surface area (Å²) in [6.45, 7) is 6.70. The van der Waals surface area contributed by atoms with Crippen molar-refractivity contribution in [2.24, 2.45) is 9.98 Å². The van der Waals surface area contributed by atoms with Crippen molar-refractivity contribution in [3.63, 3.8) is 0 Å². The molecular formula is C42H28Cl2F10N2O2Ti. The molecule has 306 valence electrons. The Kier molecular flexibility index (Phi) is 15.9. The van der Waals surface area contributed by atoms with E-state index in [1.165, 1.54) is 12.1 Å². The predicted molar refractivity (Wildman–Crippen MR) is 203 cm³/mol. The van der Waals surface area contributed by atoms with Crippen LogP contribution in [0.1, 0.15) is 44.5 Å². The van der Waals surface area contributed by atoms with Crippen LogP contribution in [0.4, 0.5) is 55.3 Å². The molecule has 0 heterocycles. The first-order chi connectivity index (χ1) is 27.9. The van der Waals surface area contributed by atoms with Gasteiger partial charge in [0.1, 0.15) is 22.9 Å². The van der Waals surface area contributed by atoms with Crippen LogP contribution in [0.5, 0.6) is 11.5 Å². The molecule has 0 aliphatic carbocycles. The van der Waals surface area contributed by atoms with Gasteiger partial charge in [-0.2, -0.15) is 0 Å². The van der Waals surface area contributed by atoms with E-state index in [9.17, 15) is 54.1 Å². The van der Waals surface area contributed by atoms with E-state index in [4.69, 9.17) is 18.6 Å². The van der Waals surface area contributed by atoms with Crippen molar-refractivity contribution in [2.75, 3.05) is 0 Å². The predicted octanol–water partition coefficient (Wildman–Crippen LogP) is 13.1. The van der Waals surface area contributed by atoms with Crippen LogP contribution in [0.15, 0.2) is 94.9 Å². The van der Waals surface area contributed by atoms with Crippen LogP contribution in [0.2, 0.25) is 0 Å². The van der Waals surface area contributed by atoms with Crippen LogP contribution in [-0.4, -0.2) is 21.6 Å². The maximum atomic E-state index is 14.2. The second-order valence-electron chi connectivity index (χ2n) is 12.5. The summed E-state index contributed by atoms with van der Waals surface area (Å²) in [5, 5.41) is 20.9. The van der Waals surface area contributed by atoms with Gasteiger partial charge >= 0.3 is 35.6 Å². The van der Waals surface area contributed by atoms with Gasteiger partial charge in [0.2, 0.25) is 11.6 Å². The normalized spacial score (nSPS) is 11.4. The average Bonchev–Trinajstić information content (AvgIpc) is 3.22. The van der Waals surface area contributed by atoms with E-state index in [-0.39, 0.29) is 34.0 Å². The quantitative estimate of drug-likeness (QED) is 0.0575. The molecule has 0 radical (unpaired) electrons. The minimum absolute atomic E-state index is 0.104. The van der Waals surface area contributed by atoms with E-state index in [2.05, 4.69) is 9.98 Å². The molecule has 0 saturated carbocycles. The number of nitrogens with zero attached hydrogens (tertiary/aromatic N) is 2. The van der Waals surface area contributed by atoms with Gasteiger partial charge in [-0.15, -0.1) is 0 Å². The molecule has 4 nitrogen and oxygen atoms in total. The molecule has 0 bridgehead atoms. The first-order valence-corrected chi connectivity index (χ1v) is 21.0. The van der Waals surface area contributed by atoms with Crippen LogP contribution < -0.4 is 0 Å². The molecule has 59 heavy (non-hydrogen) atoms. The van der Waals surface area contributed by atoms with Gasteiger partial charge in [-0.1, -0.05) is 72.8 Å². The monoisotopic (exact) mass is 900 g/mol. The van der Waals surface area contributed by atoms with Gasteiger partial charge in [0.15, 0.2) is 46.5 Å². The molecule has 2 N–H and O–H groups in total. The summed E-state index contributed by atoms with van der Waals surface area (Å²) < 4.78 is 138. The average molecular weight is 901 g/mol. The van der Waals surface area contributed by atoms with E-state index in [1.54, 1.807) is 100 Å². The molecular weight excluding hydrogens is 873 g/mol. The first-order valence-electron chi connectivity index (χ1n) is 16.7. The standard InChI is InChI=1S/2C21H14F5NO.2ClH.Ti/c2*1-10-8-11(2)21(28)13(9-10)19(12-6-4-3-5-7-12)27-20-17(25)15(23)14(22)16(24)18(20)26;;;/h2*3-9,28H,1-2H3;2*1H;/q;;;;+2/p-2. The third-order valence-corrected chi connectivity index (χ3v) is 8.31. The summed E-state index contributed by atoms with van der Waals surface area (Å²) in [5.74, 6) is -21.5. The molecule has 6 rings (SSSR count). The van der Waals surface area contributed by atoms with E-state index < -0.39 is 86.6 Å². The van der Waals surface area contributed by atoms with E-state index in [1.807, 2.05) is 0 Å². The van der Waals surface area contributed by atoms with Gasteiger partial charge in [-0.25, -0.2) is 53.9 Å². The maximum absolute atomic E-state index is 14.2. The second-order valence-corrected chi connectivity index (χ2v) is 15.1. The summed E-state index contributed by atoms with van der Waals surface area (Å²) in [6, 6.07) is 22.4. The molecule has 0 amide bonds. The summed E-state index contributed by atoms with van der Waals surface area (Å²) in [4.78, 5) is 7.53. The number of aliphatic imine (C=N–C) groups is 2. The topological polar surface area (TPSA) is 65.2 Å². The number of benzene rings is 6. The van der Waals surface area contributed by atoms with Crippen molar-refractivity contribution in [1.29, 1.82) is 0 Å². The minimum atomic E-state index is -2.26. The van der Waals surface area contributed by atoms with E-state index in [0.717, 1.165) is 0 Å². The number of hydrogen-bond donors (Lipinski definition) is 2. The molecule has 17 heteroatoms. The van der Waals surface area contributed by atoms with Crippen molar-refractivity contribution in [2.45, 2.75) is 27.7 Å². The SMILES string of the molecule is Cc1cc(C)c(O)c(C(=Nc2c(F)c(F)c(F)c(F)c2F)c2ccccc2)c1.Cc1cc(C)c(O)c(C(=Nc2c(F)c(F)c(F)c(F)c2F)c2ccccc2)c1.[Cl][Ti][Cl]. The Balaban J connectivity index is 0.000000244. The Morgan fingerprint density at radius 3 is 0.966 bits per heavy atom. The molecule has 0 atom stereocenters. The van der Waals surface area contributed by atoms with Crippen LogP contribution in [0.25, 0.3) is 0 Å². The van der Waals surface area contributed by atoms with Crippen LogP contribution in [-0.2, 0) is 17.0 Å². The summed E-state index contributed by atoms with van der Waals surface area (Å²) in [7, 11) is 9.78. The molecule has 6 aromatic rings. The summed E-state index contributed by atoms with van der Waals surface area (Å²) in [6.07, 6.45) is 0. The fourth-order valence-corrected chi connectivity index (χ4v) is 5.64. The number of hydrogen-bond acceptors (Lipinski definition) is 4. The molecule has 0 aliphatic rings. The second kappa shape index (κ2) is 20.2. The number of aryl methyl sites for hydroxylation is 4. The Morgan fingerprint density at radius 2 is 0.695 bits per heavy atom. The van der Waals surface area contributed by atoms with E-state index >= 15 is 0 Å². The number of phenolic OH excluding ortho intramolecular Hbond substituents is 2. The molecule has 6 aromatic carbocycles. The Bertz CT molecular complexity index is 2340. The zero-order valence-corrected chi connectivity index (χ0v) is 34.0. The zero-order valence-electron chi connectivity index (χ0n) is 30.9. The third-order valence-electron chi connectivity index (χ3n) is 8.31. The van der Waals surface area contributed by atoms with Crippen LogP contribution in [0, 0.1) is 85.9 Å². The fourth-order valence-electron chi connectivity index (χ4n) is 5.64.